The van der Waals surface area contributed by atoms with Crippen LogP contribution >= 0.6 is 0 Å². The van der Waals surface area contributed by atoms with Gasteiger partial charge in [0, 0.05) is 24.7 Å². The van der Waals surface area contributed by atoms with Crippen LogP contribution in [0.1, 0.15) is 73.1 Å². The Kier molecular flexibility index (Phi) is 5.76. The summed E-state index contributed by atoms with van der Waals surface area (Å²) >= 11 is 0. The van der Waals surface area contributed by atoms with Gasteiger partial charge in [-0.25, -0.2) is 4.79 Å². The van der Waals surface area contributed by atoms with Crippen LogP contribution in [0.4, 0.5) is 4.79 Å². The van der Waals surface area contributed by atoms with Crippen LogP contribution in [0.2, 0.25) is 0 Å². The van der Waals surface area contributed by atoms with E-state index in [4.69, 9.17) is 4.74 Å². The molecule has 0 bridgehead atoms. The first-order chi connectivity index (χ1) is 10.3. The fraction of sp³-hybridized carbons (Fsp3) is 0.944. The molecule has 1 aliphatic heterocycles. The van der Waals surface area contributed by atoms with Gasteiger partial charge in [-0.3, -0.25) is 0 Å². The summed E-state index contributed by atoms with van der Waals surface area (Å²) < 4.78 is 5.56. The van der Waals surface area contributed by atoms with Crippen molar-refractivity contribution in [2.45, 2.75) is 96.9 Å². The van der Waals surface area contributed by atoms with Gasteiger partial charge in [0.2, 0.25) is 0 Å². The maximum Gasteiger partial charge on any atom is 0.410 e. The summed E-state index contributed by atoms with van der Waals surface area (Å²) in [6.07, 6.45) is 7.26. The molecule has 0 aromatic carbocycles. The number of nitrogens with one attached hydrogen (secondary N) is 1. The van der Waals surface area contributed by atoms with E-state index in [-0.39, 0.29) is 12.1 Å². The van der Waals surface area contributed by atoms with Crippen LogP contribution in [0.25, 0.3) is 0 Å². The molecule has 4 heteroatoms. The molecule has 1 amide bonds. The highest BCUT2D eigenvalue weighted by Crippen LogP contribution is 2.26. The van der Waals surface area contributed by atoms with Crippen LogP contribution in [-0.4, -0.2) is 41.3 Å². The fourth-order valence-corrected chi connectivity index (χ4v) is 3.67. The summed E-state index contributed by atoms with van der Waals surface area (Å²) in [6.45, 7) is 11.1. The van der Waals surface area contributed by atoms with Gasteiger partial charge >= 0.3 is 6.09 Å². The monoisotopic (exact) mass is 310 g/mol. The zero-order chi connectivity index (χ0) is 16.3. The second kappa shape index (κ2) is 7.20. The lowest BCUT2D eigenvalue weighted by Gasteiger charge is -2.42. The molecule has 1 saturated carbocycles. The summed E-state index contributed by atoms with van der Waals surface area (Å²) in [4.78, 5) is 14.3. The highest BCUT2D eigenvalue weighted by molar-refractivity contribution is 5.68. The molecule has 2 atom stereocenters. The van der Waals surface area contributed by atoms with Crippen molar-refractivity contribution >= 4 is 6.09 Å². The van der Waals surface area contributed by atoms with Gasteiger partial charge in [-0.1, -0.05) is 6.92 Å². The first kappa shape index (κ1) is 17.6. The summed E-state index contributed by atoms with van der Waals surface area (Å²) in [7, 11) is 0. The molecule has 1 heterocycles. The first-order valence-corrected chi connectivity index (χ1v) is 9.02. The fourth-order valence-electron chi connectivity index (χ4n) is 3.67. The van der Waals surface area contributed by atoms with Gasteiger partial charge in [0.05, 0.1) is 0 Å². The van der Waals surface area contributed by atoms with Crippen molar-refractivity contribution in [3.8, 4) is 0 Å². The average molecular weight is 310 g/mol. The molecule has 4 nitrogen and oxygen atoms in total. The predicted octanol–water partition coefficient (Wildman–Crippen LogP) is 3.94. The van der Waals surface area contributed by atoms with E-state index in [9.17, 15) is 4.79 Å². The Balaban J connectivity index is 1.89. The van der Waals surface area contributed by atoms with Crippen LogP contribution in [0.5, 0.6) is 0 Å². The van der Waals surface area contributed by atoms with E-state index in [1.54, 1.807) is 0 Å². The van der Waals surface area contributed by atoms with Gasteiger partial charge in [-0.05, 0) is 72.1 Å². The second-order valence-electron chi connectivity index (χ2n) is 8.29. The van der Waals surface area contributed by atoms with E-state index in [2.05, 4.69) is 19.2 Å². The van der Waals surface area contributed by atoms with Crippen molar-refractivity contribution < 1.29 is 9.53 Å². The molecule has 2 unspecified atom stereocenters. The maximum absolute atomic E-state index is 12.4. The standard InChI is InChI=1S/C18H34N2O2/c1-13-8-10-15(11-9-13)19-16-7-6-12-20(14(16)2)17(21)22-18(3,4)5/h13-16,19H,6-12H2,1-5H3. The third kappa shape index (κ3) is 4.87. The minimum Gasteiger partial charge on any atom is -0.444 e. The van der Waals surface area contributed by atoms with Crippen LogP contribution in [-0.2, 0) is 4.74 Å². The molecule has 2 aliphatic rings. The van der Waals surface area contributed by atoms with E-state index in [1.807, 2.05) is 25.7 Å². The highest BCUT2D eigenvalue weighted by atomic mass is 16.6. The zero-order valence-corrected chi connectivity index (χ0v) is 15.0. The van der Waals surface area contributed by atoms with Gasteiger partial charge in [0.15, 0.2) is 0 Å². The summed E-state index contributed by atoms with van der Waals surface area (Å²) in [5, 5.41) is 3.83. The zero-order valence-electron chi connectivity index (χ0n) is 15.0. The maximum atomic E-state index is 12.4. The second-order valence-corrected chi connectivity index (χ2v) is 8.29. The van der Waals surface area contributed by atoms with E-state index in [0.717, 1.165) is 25.3 Å². The lowest BCUT2D eigenvalue weighted by Crippen LogP contribution is -2.57. The van der Waals surface area contributed by atoms with Gasteiger partial charge in [-0.2, -0.15) is 0 Å². The number of hydrogen-bond acceptors (Lipinski definition) is 3. The number of hydrogen-bond donors (Lipinski definition) is 1. The minimum atomic E-state index is -0.420. The molecule has 0 aromatic heterocycles. The Labute approximate surface area is 136 Å². The topological polar surface area (TPSA) is 41.6 Å². The van der Waals surface area contributed by atoms with Crippen LogP contribution in [0.3, 0.4) is 0 Å². The SMILES string of the molecule is CC1CCC(NC2CCCN(C(=O)OC(C)(C)C)C2C)CC1. The molecule has 128 valence electrons. The Bertz CT molecular complexity index is 370. The number of carbonyl (C=O) groups excluding carboxylic acids is 1. The minimum absolute atomic E-state index is 0.163. The third-order valence-electron chi connectivity index (χ3n) is 5.08. The predicted molar refractivity (Wildman–Crippen MR) is 90.0 cm³/mol. The first-order valence-electron chi connectivity index (χ1n) is 9.02. The number of amides is 1. The molecular weight excluding hydrogens is 276 g/mol. The summed E-state index contributed by atoms with van der Waals surface area (Å²) in [5.41, 5.74) is -0.420. The number of carbonyl (C=O) groups is 1. The van der Waals surface area contributed by atoms with Gasteiger partial charge < -0.3 is 15.0 Å². The summed E-state index contributed by atoms with van der Waals surface area (Å²) in [6, 6.07) is 1.24. The molecular formula is C18H34N2O2. The molecule has 0 spiro atoms. The molecule has 2 rings (SSSR count). The lowest BCUT2D eigenvalue weighted by atomic mass is 9.86. The summed E-state index contributed by atoms with van der Waals surface area (Å²) in [5.74, 6) is 0.875. The largest absolute Gasteiger partial charge is 0.444 e. The van der Waals surface area contributed by atoms with Crippen molar-refractivity contribution in [2.75, 3.05) is 6.54 Å². The number of likely N-dealkylation sites (tertiary alicyclic amines) is 1. The Morgan fingerprint density at radius 2 is 1.73 bits per heavy atom. The van der Waals surface area contributed by atoms with E-state index in [0.29, 0.717) is 12.1 Å². The molecule has 2 fully saturated rings. The Hall–Kier alpha value is -0.770. The van der Waals surface area contributed by atoms with Crippen LogP contribution in [0.15, 0.2) is 0 Å². The molecule has 1 saturated heterocycles. The van der Waals surface area contributed by atoms with E-state index >= 15 is 0 Å². The van der Waals surface area contributed by atoms with Crippen molar-refractivity contribution in [2.24, 2.45) is 5.92 Å². The van der Waals surface area contributed by atoms with Gasteiger partial charge in [0.1, 0.15) is 5.60 Å². The smallest absolute Gasteiger partial charge is 0.410 e. The Morgan fingerprint density at radius 3 is 2.32 bits per heavy atom. The molecule has 1 N–H and O–H groups in total. The molecule has 1 aliphatic carbocycles. The average Bonchev–Trinajstić information content (AvgIpc) is 2.41. The number of piperidine rings is 1. The molecule has 0 radical (unpaired) electrons. The number of rotatable bonds is 2. The van der Waals surface area contributed by atoms with E-state index in [1.165, 1.54) is 25.7 Å². The van der Waals surface area contributed by atoms with Crippen molar-refractivity contribution in [1.82, 2.24) is 10.2 Å². The van der Waals surface area contributed by atoms with Crippen LogP contribution in [0, 0.1) is 5.92 Å². The molecule has 0 aromatic rings. The third-order valence-corrected chi connectivity index (χ3v) is 5.08. The lowest BCUT2D eigenvalue weighted by molar-refractivity contribution is 0.00587. The number of nitrogens with zero attached hydrogens (tertiary/aromatic N) is 1. The highest BCUT2D eigenvalue weighted by Gasteiger charge is 2.34. The van der Waals surface area contributed by atoms with Crippen molar-refractivity contribution in [1.29, 1.82) is 0 Å². The van der Waals surface area contributed by atoms with Gasteiger partial charge in [-0.15, -0.1) is 0 Å². The van der Waals surface area contributed by atoms with Crippen molar-refractivity contribution in [3.05, 3.63) is 0 Å². The van der Waals surface area contributed by atoms with E-state index < -0.39 is 5.60 Å². The van der Waals surface area contributed by atoms with Gasteiger partial charge in [0.25, 0.3) is 0 Å². The Morgan fingerprint density at radius 1 is 1.09 bits per heavy atom. The van der Waals surface area contributed by atoms with Crippen molar-refractivity contribution in [3.63, 3.8) is 0 Å². The quantitative estimate of drug-likeness (QED) is 0.840. The molecule has 22 heavy (non-hydrogen) atoms. The number of ether oxygens (including phenoxy) is 1. The van der Waals surface area contributed by atoms with Crippen LogP contribution < -0.4 is 5.32 Å². The normalized spacial score (nSPS) is 33.6.